The van der Waals surface area contributed by atoms with E-state index in [1.165, 1.54) is 0 Å². The average Bonchev–Trinajstić information content (AvgIpc) is 2.87. The molecule has 17 heavy (non-hydrogen) atoms. The molecule has 0 aromatic rings. The highest BCUT2D eigenvalue weighted by molar-refractivity contribution is 5.92. The Kier molecular flexibility index (Phi) is 4.66. The van der Waals surface area contributed by atoms with Crippen LogP contribution in [-0.2, 0) is 23.9 Å². The highest BCUT2D eigenvalue weighted by Gasteiger charge is 2.36. The van der Waals surface area contributed by atoms with Crippen molar-refractivity contribution in [3.05, 3.63) is 0 Å². The minimum Gasteiger partial charge on any atom is -0.459 e. The predicted octanol–water partition coefficient (Wildman–Crippen LogP) is 1.73. The third-order valence-electron chi connectivity index (χ3n) is 3.16. The van der Waals surface area contributed by atoms with Crippen LogP contribution in [0.25, 0.3) is 0 Å². The molecule has 2 aliphatic rings. The molecular formula is C12H18O5. The Morgan fingerprint density at radius 1 is 0.941 bits per heavy atom. The summed E-state index contributed by atoms with van der Waals surface area (Å²) < 4.78 is 9.29. The van der Waals surface area contributed by atoms with Crippen LogP contribution in [0.15, 0.2) is 0 Å². The fourth-order valence-corrected chi connectivity index (χ4v) is 1.85. The fraction of sp³-hybridized carbons (Fsp3) is 0.750. The highest BCUT2D eigenvalue weighted by atomic mass is 16.6. The van der Waals surface area contributed by atoms with E-state index in [0.29, 0.717) is 6.42 Å². The number of hydrogen-bond donors (Lipinski definition) is 0. The van der Waals surface area contributed by atoms with Crippen LogP contribution < -0.4 is 0 Å². The molecule has 2 fully saturated rings. The first-order valence-electron chi connectivity index (χ1n) is 5.96. The number of hydrogen-bond acceptors (Lipinski definition) is 5. The van der Waals surface area contributed by atoms with Crippen molar-refractivity contribution in [2.75, 3.05) is 0 Å². The van der Waals surface area contributed by atoms with Crippen molar-refractivity contribution in [3.63, 3.8) is 0 Å². The molecule has 2 heterocycles. The first-order valence-corrected chi connectivity index (χ1v) is 5.96. The Morgan fingerprint density at radius 2 is 1.47 bits per heavy atom. The monoisotopic (exact) mass is 242 g/mol. The normalized spacial score (nSPS) is 21.6. The average molecular weight is 242 g/mol. The molecule has 0 unspecified atom stereocenters. The zero-order valence-corrected chi connectivity index (χ0v) is 10.3. The smallest absolute Gasteiger partial charge is 0.314 e. The molecule has 2 aliphatic heterocycles. The van der Waals surface area contributed by atoms with Crippen molar-refractivity contribution < 1.29 is 23.9 Å². The van der Waals surface area contributed by atoms with Gasteiger partial charge in [0.05, 0.1) is 12.8 Å². The minimum atomic E-state index is -0.398. The molecule has 2 rings (SSSR count). The minimum absolute atomic E-state index is 0.0244. The van der Waals surface area contributed by atoms with Crippen LogP contribution >= 0.6 is 0 Å². The molecule has 0 radical (unpaired) electrons. The Morgan fingerprint density at radius 3 is 1.65 bits per heavy atom. The lowest BCUT2D eigenvalue weighted by atomic mass is 9.94. The number of esters is 3. The maximum atomic E-state index is 10.8. The lowest BCUT2D eigenvalue weighted by Gasteiger charge is -2.23. The molecule has 5 heteroatoms. The molecule has 5 nitrogen and oxygen atoms in total. The fourth-order valence-electron chi connectivity index (χ4n) is 1.85. The molecule has 0 N–H and O–H groups in total. The Labute approximate surface area is 100 Å². The summed E-state index contributed by atoms with van der Waals surface area (Å²) in [5, 5.41) is 0. The zero-order chi connectivity index (χ0) is 12.9. The molecule has 0 aromatic carbocycles. The van der Waals surface area contributed by atoms with Crippen molar-refractivity contribution >= 4 is 17.9 Å². The largest absolute Gasteiger partial charge is 0.459 e. The summed E-state index contributed by atoms with van der Waals surface area (Å²) in [7, 11) is 0. The summed E-state index contributed by atoms with van der Waals surface area (Å²) >= 11 is 0. The number of ether oxygens (including phenoxy) is 2. The third kappa shape index (κ3) is 3.84. The van der Waals surface area contributed by atoms with Gasteiger partial charge in [-0.3, -0.25) is 14.4 Å². The number of carbonyl (C=O) groups is 3. The van der Waals surface area contributed by atoms with Gasteiger partial charge in [-0.2, -0.15) is 0 Å². The summed E-state index contributed by atoms with van der Waals surface area (Å²) in [6, 6.07) is 0. The van der Waals surface area contributed by atoms with Crippen LogP contribution in [-0.4, -0.2) is 23.5 Å². The van der Waals surface area contributed by atoms with E-state index >= 15 is 0 Å². The van der Waals surface area contributed by atoms with Gasteiger partial charge in [0.2, 0.25) is 0 Å². The highest BCUT2D eigenvalue weighted by Crippen LogP contribution is 2.32. The van der Waals surface area contributed by atoms with Crippen LogP contribution in [0.3, 0.4) is 0 Å². The van der Waals surface area contributed by atoms with E-state index in [9.17, 15) is 14.4 Å². The topological polar surface area (TPSA) is 69.7 Å². The molecule has 0 spiro atoms. The molecule has 0 bridgehead atoms. The van der Waals surface area contributed by atoms with Crippen LogP contribution in [0.1, 0.15) is 52.4 Å². The van der Waals surface area contributed by atoms with Crippen LogP contribution in [0.2, 0.25) is 0 Å². The van der Waals surface area contributed by atoms with Crippen LogP contribution in [0.5, 0.6) is 0 Å². The standard InChI is InChI=1S/C8H14O2.C4H4O3/c1-3-8(4-2)6-5-7(9)10-8;5-3-1-2-4(6)7-3/h3-6H2,1-2H3;1-2H2. The van der Waals surface area contributed by atoms with E-state index < -0.39 is 11.9 Å². The van der Waals surface area contributed by atoms with Gasteiger partial charge < -0.3 is 9.47 Å². The van der Waals surface area contributed by atoms with Crippen LogP contribution in [0, 0.1) is 0 Å². The molecule has 0 aliphatic carbocycles. The van der Waals surface area contributed by atoms with Gasteiger partial charge in [-0.25, -0.2) is 0 Å². The summed E-state index contributed by atoms with van der Waals surface area (Å²) in [4.78, 5) is 30.8. The van der Waals surface area contributed by atoms with Crippen LogP contribution in [0.4, 0.5) is 0 Å². The van der Waals surface area contributed by atoms with E-state index in [0.717, 1.165) is 19.3 Å². The van der Waals surface area contributed by atoms with E-state index in [2.05, 4.69) is 18.6 Å². The van der Waals surface area contributed by atoms with Crippen molar-refractivity contribution in [3.8, 4) is 0 Å². The van der Waals surface area contributed by atoms with E-state index in [-0.39, 0.29) is 24.4 Å². The summed E-state index contributed by atoms with van der Waals surface area (Å²) in [5.74, 6) is -0.821. The second kappa shape index (κ2) is 5.80. The van der Waals surface area contributed by atoms with E-state index in [1.54, 1.807) is 0 Å². The van der Waals surface area contributed by atoms with Crippen molar-refractivity contribution in [1.29, 1.82) is 0 Å². The zero-order valence-electron chi connectivity index (χ0n) is 10.3. The van der Waals surface area contributed by atoms with E-state index in [4.69, 9.17) is 4.74 Å². The first-order chi connectivity index (χ1) is 8.01. The second-order valence-corrected chi connectivity index (χ2v) is 4.21. The van der Waals surface area contributed by atoms with Gasteiger partial charge >= 0.3 is 17.9 Å². The molecule has 0 aromatic heterocycles. The molecular weight excluding hydrogens is 224 g/mol. The number of carbonyl (C=O) groups excluding carboxylic acids is 3. The molecule has 0 saturated carbocycles. The number of rotatable bonds is 2. The summed E-state index contributed by atoms with van der Waals surface area (Å²) in [5.41, 5.74) is -0.100. The summed E-state index contributed by atoms with van der Waals surface area (Å²) in [6.07, 6.45) is 3.96. The maximum absolute atomic E-state index is 10.8. The van der Waals surface area contributed by atoms with Gasteiger partial charge in [0.15, 0.2) is 0 Å². The Bertz CT molecular complexity index is 303. The quantitative estimate of drug-likeness (QED) is 0.545. The van der Waals surface area contributed by atoms with E-state index in [1.807, 2.05) is 0 Å². The predicted molar refractivity (Wildman–Crippen MR) is 59.0 cm³/mol. The Hall–Kier alpha value is -1.39. The third-order valence-corrected chi connectivity index (χ3v) is 3.16. The summed E-state index contributed by atoms with van der Waals surface area (Å²) in [6.45, 7) is 4.14. The lowest BCUT2D eigenvalue weighted by Crippen LogP contribution is -2.25. The first kappa shape index (κ1) is 13.7. The van der Waals surface area contributed by atoms with Crippen molar-refractivity contribution in [1.82, 2.24) is 0 Å². The van der Waals surface area contributed by atoms with Crippen molar-refractivity contribution in [2.24, 2.45) is 0 Å². The molecule has 96 valence electrons. The lowest BCUT2D eigenvalue weighted by molar-refractivity contribution is -0.152. The van der Waals surface area contributed by atoms with Gasteiger partial charge in [-0.15, -0.1) is 0 Å². The van der Waals surface area contributed by atoms with Gasteiger partial charge in [-0.05, 0) is 19.3 Å². The SMILES string of the molecule is CCC1(CC)CCC(=O)O1.O=C1CCC(=O)O1. The molecule has 0 atom stereocenters. The Balaban J connectivity index is 0.000000181. The van der Waals surface area contributed by atoms with Crippen molar-refractivity contribution in [2.45, 2.75) is 58.0 Å². The molecule has 2 saturated heterocycles. The van der Waals surface area contributed by atoms with Gasteiger partial charge in [0.25, 0.3) is 0 Å². The maximum Gasteiger partial charge on any atom is 0.314 e. The molecule has 0 amide bonds. The second-order valence-electron chi connectivity index (χ2n) is 4.21. The van der Waals surface area contributed by atoms with Gasteiger partial charge in [0, 0.05) is 6.42 Å². The number of cyclic esters (lactones) is 3. The van der Waals surface area contributed by atoms with Gasteiger partial charge in [-0.1, -0.05) is 13.8 Å². The van der Waals surface area contributed by atoms with Gasteiger partial charge in [0.1, 0.15) is 5.60 Å².